The number of nitrogens with zero attached hydrogens (tertiary/aromatic N) is 4. The van der Waals surface area contributed by atoms with Crippen LogP contribution in [0.3, 0.4) is 0 Å². The fourth-order valence-corrected chi connectivity index (χ4v) is 1.59. The number of methoxy groups -OCH3 is 1. The molecular formula is C12H11F3N4O2. The molecule has 0 radical (unpaired) electrons. The number of hydrogen-bond donors (Lipinski definition) is 0. The molecule has 0 saturated carbocycles. The molecule has 112 valence electrons. The van der Waals surface area contributed by atoms with Crippen molar-refractivity contribution in [1.82, 2.24) is 19.9 Å². The highest BCUT2D eigenvalue weighted by atomic mass is 19.4. The van der Waals surface area contributed by atoms with Crippen LogP contribution in [0.4, 0.5) is 13.2 Å². The second-order valence-corrected chi connectivity index (χ2v) is 3.76. The number of ether oxygens (including phenoxy) is 2. The van der Waals surface area contributed by atoms with Crippen LogP contribution in [0, 0.1) is 0 Å². The second-order valence-electron chi connectivity index (χ2n) is 3.76. The van der Waals surface area contributed by atoms with Crippen LogP contribution in [0.1, 0.15) is 12.5 Å². The average Bonchev–Trinajstić information content (AvgIpc) is 2.46. The zero-order valence-corrected chi connectivity index (χ0v) is 11.2. The van der Waals surface area contributed by atoms with E-state index in [-0.39, 0.29) is 18.1 Å². The fraction of sp³-hybridized carbons (Fsp3) is 0.333. The minimum Gasteiger partial charge on any atom is -0.480 e. The van der Waals surface area contributed by atoms with Crippen molar-refractivity contribution in [3.63, 3.8) is 0 Å². The van der Waals surface area contributed by atoms with Gasteiger partial charge in [-0.3, -0.25) is 0 Å². The maximum absolute atomic E-state index is 13.1. The molecule has 2 heterocycles. The van der Waals surface area contributed by atoms with E-state index in [0.717, 1.165) is 7.11 Å². The number of aromatic nitrogens is 4. The average molecular weight is 300 g/mol. The third-order valence-corrected chi connectivity index (χ3v) is 2.41. The van der Waals surface area contributed by atoms with Crippen molar-refractivity contribution in [2.75, 3.05) is 13.7 Å². The Morgan fingerprint density at radius 3 is 2.43 bits per heavy atom. The molecule has 0 aliphatic rings. The summed E-state index contributed by atoms with van der Waals surface area (Å²) in [5.74, 6) is -1.24. The Hall–Kier alpha value is -2.45. The number of rotatable bonds is 4. The quantitative estimate of drug-likeness (QED) is 0.863. The predicted molar refractivity (Wildman–Crippen MR) is 65.8 cm³/mol. The van der Waals surface area contributed by atoms with Crippen LogP contribution in [0.5, 0.6) is 11.8 Å². The van der Waals surface area contributed by atoms with E-state index in [9.17, 15) is 13.2 Å². The van der Waals surface area contributed by atoms with E-state index in [0.29, 0.717) is 0 Å². The van der Waals surface area contributed by atoms with Crippen LogP contribution in [-0.4, -0.2) is 33.7 Å². The predicted octanol–water partition coefficient (Wildman–Crippen LogP) is 2.36. The third kappa shape index (κ3) is 3.18. The van der Waals surface area contributed by atoms with E-state index in [1.807, 2.05) is 0 Å². The number of halogens is 3. The Morgan fingerprint density at radius 1 is 1.19 bits per heavy atom. The van der Waals surface area contributed by atoms with Crippen molar-refractivity contribution in [1.29, 1.82) is 0 Å². The highest BCUT2D eigenvalue weighted by Gasteiger charge is 2.41. The minimum absolute atomic E-state index is 0.0203. The van der Waals surface area contributed by atoms with Crippen LogP contribution >= 0.6 is 0 Å². The molecule has 0 aliphatic carbocycles. The molecule has 21 heavy (non-hydrogen) atoms. The number of hydrogen-bond acceptors (Lipinski definition) is 6. The van der Waals surface area contributed by atoms with Gasteiger partial charge >= 0.3 is 6.18 Å². The van der Waals surface area contributed by atoms with Crippen molar-refractivity contribution < 1.29 is 22.6 Å². The first kappa shape index (κ1) is 14.9. The molecule has 0 atom stereocenters. The molecule has 9 heteroatoms. The topological polar surface area (TPSA) is 70.0 Å². The molecule has 0 fully saturated rings. The van der Waals surface area contributed by atoms with Gasteiger partial charge in [-0.05, 0) is 13.0 Å². The summed E-state index contributed by atoms with van der Waals surface area (Å²) in [7, 11) is 1.09. The van der Waals surface area contributed by atoms with Crippen molar-refractivity contribution >= 4 is 0 Å². The zero-order valence-electron chi connectivity index (χ0n) is 11.2. The molecule has 0 N–H and O–H groups in total. The van der Waals surface area contributed by atoms with E-state index in [1.165, 1.54) is 18.6 Å². The van der Waals surface area contributed by atoms with Gasteiger partial charge in [0, 0.05) is 6.20 Å². The number of alkyl halides is 3. The normalized spacial score (nSPS) is 11.3. The standard InChI is InChI=1S/C12H11F3N4O2/c1-3-21-11-8(12(13,14)15)10(20-2)18-9(19-11)7-4-5-16-6-17-7/h4-6H,3H2,1-2H3. The lowest BCUT2D eigenvalue weighted by molar-refractivity contribution is -0.140. The van der Waals surface area contributed by atoms with E-state index < -0.39 is 23.5 Å². The van der Waals surface area contributed by atoms with E-state index >= 15 is 0 Å². The van der Waals surface area contributed by atoms with Gasteiger partial charge in [0.1, 0.15) is 12.0 Å². The Balaban J connectivity index is 2.64. The molecule has 2 aromatic heterocycles. The molecule has 0 unspecified atom stereocenters. The summed E-state index contributed by atoms with van der Waals surface area (Å²) < 4.78 is 49.0. The molecule has 0 bridgehead atoms. The maximum Gasteiger partial charge on any atom is 0.426 e. The van der Waals surface area contributed by atoms with Gasteiger partial charge in [-0.2, -0.15) is 23.1 Å². The Morgan fingerprint density at radius 2 is 1.90 bits per heavy atom. The Labute approximate surface area is 118 Å². The van der Waals surface area contributed by atoms with Crippen LogP contribution < -0.4 is 9.47 Å². The summed E-state index contributed by atoms with van der Waals surface area (Å²) in [6.45, 7) is 1.57. The highest BCUT2D eigenvalue weighted by Crippen LogP contribution is 2.41. The first-order chi connectivity index (χ1) is 9.97. The van der Waals surface area contributed by atoms with Crippen LogP contribution in [0.25, 0.3) is 11.5 Å². The molecule has 6 nitrogen and oxygen atoms in total. The summed E-state index contributed by atoms with van der Waals surface area (Å²) in [6, 6.07) is 1.47. The van der Waals surface area contributed by atoms with Gasteiger partial charge in [-0.1, -0.05) is 0 Å². The first-order valence-corrected chi connectivity index (χ1v) is 5.89. The smallest absolute Gasteiger partial charge is 0.426 e. The lowest BCUT2D eigenvalue weighted by Crippen LogP contribution is -2.14. The maximum atomic E-state index is 13.1. The minimum atomic E-state index is -4.69. The molecule has 2 aromatic rings. The highest BCUT2D eigenvalue weighted by molar-refractivity contribution is 5.53. The molecule has 0 spiro atoms. The summed E-state index contributed by atoms with van der Waals surface area (Å²) in [6.07, 6.45) is -2.03. The van der Waals surface area contributed by atoms with Gasteiger partial charge in [0.2, 0.25) is 11.8 Å². The van der Waals surface area contributed by atoms with Gasteiger partial charge in [0.15, 0.2) is 11.4 Å². The summed E-state index contributed by atoms with van der Waals surface area (Å²) in [5.41, 5.74) is -0.886. The molecule has 0 saturated heterocycles. The van der Waals surface area contributed by atoms with Crippen molar-refractivity contribution in [2.24, 2.45) is 0 Å². The van der Waals surface area contributed by atoms with Crippen LogP contribution in [-0.2, 0) is 6.18 Å². The van der Waals surface area contributed by atoms with E-state index in [4.69, 9.17) is 9.47 Å². The van der Waals surface area contributed by atoms with Crippen LogP contribution in [0.15, 0.2) is 18.6 Å². The lowest BCUT2D eigenvalue weighted by Gasteiger charge is -2.15. The lowest BCUT2D eigenvalue weighted by atomic mass is 10.2. The van der Waals surface area contributed by atoms with Gasteiger partial charge in [-0.15, -0.1) is 0 Å². The Bertz CT molecular complexity index is 620. The third-order valence-electron chi connectivity index (χ3n) is 2.41. The SMILES string of the molecule is CCOc1nc(-c2ccncn2)nc(OC)c1C(F)(F)F. The molecule has 2 rings (SSSR count). The molecular weight excluding hydrogens is 289 g/mol. The fourth-order valence-electron chi connectivity index (χ4n) is 1.59. The van der Waals surface area contributed by atoms with E-state index in [2.05, 4.69) is 19.9 Å². The van der Waals surface area contributed by atoms with Crippen molar-refractivity contribution in [2.45, 2.75) is 13.1 Å². The Kier molecular flexibility index (Phi) is 4.20. The first-order valence-electron chi connectivity index (χ1n) is 5.89. The summed E-state index contributed by atoms with van der Waals surface area (Å²) in [4.78, 5) is 15.1. The van der Waals surface area contributed by atoms with Gasteiger partial charge in [0.05, 0.1) is 13.7 Å². The summed E-state index contributed by atoms with van der Waals surface area (Å²) in [5, 5.41) is 0. The van der Waals surface area contributed by atoms with Gasteiger partial charge in [-0.25, -0.2) is 9.97 Å². The second kappa shape index (κ2) is 5.90. The molecule has 0 aromatic carbocycles. The summed E-state index contributed by atoms with van der Waals surface area (Å²) >= 11 is 0. The van der Waals surface area contributed by atoms with Gasteiger partial charge < -0.3 is 9.47 Å². The largest absolute Gasteiger partial charge is 0.480 e. The molecule has 0 amide bonds. The van der Waals surface area contributed by atoms with E-state index in [1.54, 1.807) is 6.92 Å². The van der Waals surface area contributed by atoms with Crippen molar-refractivity contribution in [3.05, 3.63) is 24.2 Å². The van der Waals surface area contributed by atoms with Gasteiger partial charge in [0.25, 0.3) is 0 Å². The zero-order chi connectivity index (χ0) is 15.5. The monoisotopic (exact) mass is 300 g/mol. The molecule has 0 aliphatic heterocycles. The van der Waals surface area contributed by atoms with Crippen LogP contribution in [0.2, 0.25) is 0 Å². The van der Waals surface area contributed by atoms with Crippen molar-refractivity contribution in [3.8, 4) is 23.3 Å².